The Bertz CT molecular complexity index is 1190. The highest BCUT2D eigenvalue weighted by atomic mass is 16.5. The van der Waals surface area contributed by atoms with Gasteiger partial charge in [0.25, 0.3) is 5.91 Å². The second kappa shape index (κ2) is 9.82. The highest BCUT2D eigenvalue weighted by Crippen LogP contribution is 2.32. The largest absolute Gasteiger partial charge is 0.463 e. The molecule has 0 radical (unpaired) electrons. The van der Waals surface area contributed by atoms with Crippen LogP contribution in [-0.4, -0.2) is 24.5 Å². The van der Waals surface area contributed by atoms with Crippen LogP contribution in [0.3, 0.4) is 0 Å². The fourth-order valence-electron chi connectivity index (χ4n) is 3.63. The molecule has 3 aromatic carbocycles. The molecule has 0 fully saturated rings. The first-order valence-corrected chi connectivity index (χ1v) is 10.6. The van der Waals surface area contributed by atoms with Crippen molar-refractivity contribution in [2.75, 3.05) is 11.9 Å². The van der Waals surface area contributed by atoms with Crippen LogP contribution >= 0.6 is 0 Å². The number of benzene rings is 3. The minimum absolute atomic E-state index is 0.204. The maximum absolute atomic E-state index is 12.9. The van der Waals surface area contributed by atoms with E-state index in [1.165, 1.54) is 0 Å². The third kappa shape index (κ3) is 4.93. The monoisotopic (exact) mass is 441 g/mol. The number of carbonyl (C=O) groups excluding carboxylic acids is 3. The predicted molar refractivity (Wildman–Crippen MR) is 125 cm³/mol. The fraction of sp³-hybridized carbons (Fsp3) is 0.115. The van der Waals surface area contributed by atoms with Gasteiger partial charge in [-0.3, -0.25) is 4.79 Å². The number of hydrogen-bond acceptors (Lipinski definition) is 4. The van der Waals surface area contributed by atoms with E-state index < -0.39 is 18.0 Å². The summed E-state index contributed by atoms with van der Waals surface area (Å²) < 4.78 is 5.30. The molecule has 7 nitrogen and oxygen atoms in total. The van der Waals surface area contributed by atoms with E-state index in [2.05, 4.69) is 16.0 Å². The Balaban J connectivity index is 1.66. The van der Waals surface area contributed by atoms with Gasteiger partial charge in [-0.15, -0.1) is 0 Å². The first-order valence-electron chi connectivity index (χ1n) is 10.6. The van der Waals surface area contributed by atoms with E-state index in [0.29, 0.717) is 33.6 Å². The van der Waals surface area contributed by atoms with Gasteiger partial charge in [-0.25, -0.2) is 9.59 Å². The van der Waals surface area contributed by atoms with E-state index >= 15 is 0 Å². The number of carbonyl (C=O) groups is 3. The van der Waals surface area contributed by atoms with E-state index in [4.69, 9.17) is 4.74 Å². The Kier molecular flexibility index (Phi) is 6.50. The molecule has 0 spiro atoms. The lowest BCUT2D eigenvalue weighted by molar-refractivity contribution is -0.138. The number of ether oxygens (including phenoxy) is 1. The summed E-state index contributed by atoms with van der Waals surface area (Å²) in [5.74, 6) is -0.743. The Labute approximate surface area is 191 Å². The zero-order valence-electron chi connectivity index (χ0n) is 18.0. The number of urea groups is 1. The summed E-state index contributed by atoms with van der Waals surface area (Å²) >= 11 is 0. The van der Waals surface area contributed by atoms with Gasteiger partial charge in [-0.1, -0.05) is 60.7 Å². The third-order valence-electron chi connectivity index (χ3n) is 5.17. The van der Waals surface area contributed by atoms with Crippen LogP contribution in [-0.2, 0) is 9.53 Å². The van der Waals surface area contributed by atoms with Gasteiger partial charge < -0.3 is 20.7 Å². The molecule has 3 aromatic rings. The summed E-state index contributed by atoms with van der Waals surface area (Å²) in [6.07, 6.45) is 0. The Morgan fingerprint density at radius 1 is 0.909 bits per heavy atom. The average Bonchev–Trinajstić information content (AvgIpc) is 2.85. The highest BCUT2D eigenvalue weighted by molar-refractivity contribution is 6.05. The molecule has 0 aliphatic carbocycles. The van der Waals surface area contributed by atoms with Gasteiger partial charge in [0.15, 0.2) is 0 Å². The molecule has 4 rings (SSSR count). The van der Waals surface area contributed by atoms with Gasteiger partial charge in [-0.2, -0.15) is 0 Å². The predicted octanol–water partition coefficient (Wildman–Crippen LogP) is 4.27. The third-order valence-corrected chi connectivity index (χ3v) is 5.17. The van der Waals surface area contributed by atoms with Crippen molar-refractivity contribution in [1.29, 1.82) is 0 Å². The van der Waals surface area contributed by atoms with E-state index in [1.807, 2.05) is 36.4 Å². The Morgan fingerprint density at radius 2 is 1.55 bits per heavy atom. The molecule has 0 bridgehead atoms. The summed E-state index contributed by atoms with van der Waals surface area (Å²) in [6.45, 7) is 1.93. The summed E-state index contributed by atoms with van der Waals surface area (Å²) in [5.41, 5.74) is 3.24. The minimum atomic E-state index is -0.716. The van der Waals surface area contributed by atoms with Crippen molar-refractivity contribution >= 4 is 29.3 Å². The van der Waals surface area contributed by atoms with Crippen LogP contribution in [0.5, 0.6) is 0 Å². The van der Waals surface area contributed by atoms with Crippen molar-refractivity contribution < 1.29 is 19.1 Å². The molecule has 1 heterocycles. The molecule has 0 saturated carbocycles. The summed E-state index contributed by atoms with van der Waals surface area (Å²) in [6, 6.07) is 23.9. The standard InChI is InChI=1S/C26H23N3O4/c1-2-33-25(31)21-22(17-9-5-3-6-10-17)28-26(32)29-23(21)18-13-15-20(16-14-18)27-24(30)19-11-7-4-8-12-19/h3-16,23H,2H2,1H3,(H,27,30)(H2,28,29,32). The van der Waals surface area contributed by atoms with E-state index in [9.17, 15) is 14.4 Å². The van der Waals surface area contributed by atoms with E-state index in [-0.39, 0.29) is 12.5 Å². The van der Waals surface area contributed by atoms with Crippen LogP contribution in [0.4, 0.5) is 10.5 Å². The molecular weight excluding hydrogens is 418 g/mol. The van der Waals surface area contributed by atoms with Crippen molar-refractivity contribution in [3.63, 3.8) is 0 Å². The second-order valence-corrected chi connectivity index (χ2v) is 7.35. The zero-order valence-corrected chi connectivity index (χ0v) is 18.0. The average molecular weight is 441 g/mol. The van der Waals surface area contributed by atoms with Crippen LogP contribution in [0.25, 0.3) is 5.70 Å². The van der Waals surface area contributed by atoms with Gasteiger partial charge in [0.2, 0.25) is 0 Å². The molecule has 1 aliphatic rings. The second-order valence-electron chi connectivity index (χ2n) is 7.35. The van der Waals surface area contributed by atoms with Crippen molar-refractivity contribution in [2.45, 2.75) is 13.0 Å². The van der Waals surface area contributed by atoms with Crippen molar-refractivity contribution in [1.82, 2.24) is 10.6 Å². The fourth-order valence-corrected chi connectivity index (χ4v) is 3.63. The van der Waals surface area contributed by atoms with Gasteiger partial charge in [-0.05, 0) is 42.3 Å². The molecule has 166 valence electrons. The van der Waals surface area contributed by atoms with Gasteiger partial charge >= 0.3 is 12.0 Å². The molecular formula is C26H23N3O4. The number of esters is 1. The first kappa shape index (κ1) is 21.8. The molecule has 33 heavy (non-hydrogen) atoms. The van der Waals surface area contributed by atoms with E-state index in [1.54, 1.807) is 55.5 Å². The Morgan fingerprint density at radius 3 is 2.18 bits per heavy atom. The minimum Gasteiger partial charge on any atom is -0.463 e. The lowest BCUT2D eigenvalue weighted by Crippen LogP contribution is -2.45. The maximum Gasteiger partial charge on any atom is 0.338 e. The van der Waals surface area contributed by atoms with Crippen LogP contribution in [0.2, 0.25) is 0 Å². The number of nitrogens with one attached hydrogen (secondary N) is 3. The van der Waals surface area contributed by atoms with Crippen LogP contribution in [0, 0.1) is 0 Å². The summed E-state index contributed by atoms with van der Waals surface area (Å²) in [5, 5.41) is 8.40. The first-order chi connectivity index (χ1) is 16.1. The van der Waals surface area contributed by atoms with Crippen LogP contribution in [0.15, 0.2) is 90.5 Å². The molecule has 1 unspecified atom stereocenters. The number of rotatable bonds is 6. The number of hydrogen-bond donors (Lipinski definition) is 3. The normalized spacial score (nSPS) is 15.3. The van der Waals surface area contributed by atoms with Gasteiger partial charge in [0, 0.05) is 11.3 Å². The molecule has 0 saturated heterocycles. The molecule has 0 aromatic heterocycles. The molecule has 1 atom stereocenters. The zero-order chi connectivity index (χ0) is 23.2. The smallest absolute Gasteiger partial charge is 0.338 e. The molecule has 1 aliphatic heterocycles. The summed E-state index contributed by atoms with van der Waals surface area (Å²) in [7, 11) is 0. The maximum atomic E-state index is 12.9. The van der Waals surface area contributed by atoms with Crippen molar-refractivity contribution in [3.8, 4) is 0 Å². The quantitative estimate of drug-likeness (QED) is 0.498. The van der Waals surface area contributed by atoms with Crippen molar-refractivity contribution in [3.05, 3.63) is 107 Å². The Hall–Kier alpha value is -4.39. The molecule has 3 N–H and O–H groups in total. The van der Waals surface area contributed by atoms with E-state index in [0.717, 1.165) is 0 Å². The molecule has 7 heteroatoms. The highest BCUT2D eigenvalue weighted by Gasteiger charge is 2.34. The lowest BCUT2D eigenvalue weighted by Gasteiger charge is -2.29. The SMILES string of the molecule is CCOC(=O)C1=C(c2ccccc2)NC(=O)NC1c1ccc(NC(=O)c2ccccc2)cc1. The topological polar surface area (TPSA) is 96.5 Å². The lowest BCUT2D eigenvalue weighted by atomic mass is 9.92. The van der Waals surface area contributed by atoms with Crippen LogP contribution in [0.1, 0.15) is 34.5 Å². The van der Waals surface area contributed by atoms with Crippen LogP contribution < -0.4 is 16.0 Å². The van der Waals surface area contributed by atoms with Gasteiger partial charge in [0.05, 0.1) is 23.9 Å². The number of amides is 3. The van der Waals surface area contributed by atoms with Gasteiger partial charge in [0.1, 0.15) is 0 Å². The number of anilines is 1. The van der Waals surface area contributed by atoms with Crippen molar-refractivity contribution in [2.24, 2.45) is 0 Å². The molecule has 3 amide bonds. The summed E-state index contributed by atoms with van der Waals surface area (Å²) in [4.78, 5) is 37.8.